The van der Waals surface area contributed by atoms with Crippen LogP contribution in [0.1, 0.15) is 51.9 Å². The largest absolute Gasteiger partial charge is 0.379 e. The van der Waals surface area contributed by atoms with Gasteiger partial charge in [-0.15, -0.1) is 0 Å². The highest BCUT2D eigenvalue weighted by atomic mass is 16.5. The molecule has 3 heteroatoms. The van der Waals surface area contributed by atoms with Gasteiger partial charge in [-0.3, -0.25) is 4.79 Å². The average Bonchev–Trinajstić information content (AvgIpc) is 3.05. The van der Waals surface area contributed by atoms with E-state index in [-0.39, 0.29) is 11.5 Å². The zero-order valence-electron chi connectivity index (χ0n) is 14.1. The second-order valence-corrected chi connectivity index (χ2v) is 7.57. The SMILES string of the molecule is CO[C@@H]1COCC[C@@H]1/C=C/C[C@@H]1C[C@H]2CCC[C@@]2(C(C)=O)C1. The van der Waals surface area contributed by atoms with E-state index in [1.807, 2.05) is 6.92 Å². The van der Waals surface area contributed by atoms with E-state index in [1.54, 1.807) is 7.11 Å². The Labute approximate surface area is 134 Å². The molecular formula is C19H30O3. The lowest BCUT2D eigenvalue weighted by Crippen LogP contribution is -2.32. The summed E-state index contributed by atoms with van der Waals surface area (Å²) in [4.78, 5) is 12.1. The average molecular weight is 306 g/mol. The predicted molar refractivity (Wildman–Crippen MR) is 86.7 cm³/mol. The minimum Gasteiger partial charge on any atom is -0.379 e. The molecule has 1 heterocycles. The fourth-order valence-corrected chi connectivity index (χ4v) is 5.18. The summed E-state index contributed by atoms with van der Waals surface area (Å²) in [5.41, 5.74) is 0.0479. The Hall–Kier alpha value is -0.670. The lowest BCUT2D eigenvalue weighted by atomic mass is 9.77. The van der Waals surface area contributed by atoms with Crippen LogP contribution < -0.4 is 0 Å². The molecule has 0 aromatic heterocycles. The highest BCUT2D eigenvalue weighted by Gasteiger charge is 2.52. The Morgan fingerprint density at radius 2 is 2.27 bits per heavy atom. The van der Waals surface area contributed by atoms with Gasteiger partial charge < -0.3 is 9.47 Å². The van der Waals surface area contributed by atoms with E-state index >= 15 is 0 Å². The van der Waals surface area contributed by atoms with Crippen molar-refractivity contribution in [1.29, 1.82) is 0 Å². The number of methoxy groups -OCH3 is 1. The van der Waals surface area contributed by atoms with E-state index < -0.39 is 0 Å². The van der Waals surface area contributed by atoms with Crippen molar-refractivity contribution in [2.75, 3.05) is 20.3 Å². The summed E-state index contributed by atoms with van der Waals surface area (Å²) in [5, 5.41) is 0. The minimum absolute atomic E-state index is 0.0479. The molecule has 1 saturated heterocycles. The zero-order valence-corrected chi connectivity index (χ0v) is 14.1. The first kappa shape index (κ1) is 16.2. The molecule has 5 atom stereocenters. The second-order valence-electron chi connectivity index (χ2n) is 7.57. The van der Waals surface area contributed by atoms with Crippen LogP contribution in [0.25, 0.3) is 0 Å². The standard InChI is InChI=1S/C19H30O3/c1-14(20)19-9-4-7-17(19)11-15(12-19)5-3-6-16-8-10-22-13-18(16)21-2/h3,6,15-18H,4-5,7-13H2,1-2H3/b6-3+/t15-,16+,17-,18-,19+/m1/s1. The summed E-state index contributed by atoms with van der Waals surface area (Å²) in [7, 11) is 1.77. The first-order valence-corrected chi connectivity index (χ1v) is 8.94. The predicted octanol–water partition coefficient (Wildman–Crippen LogP) is 3.77. The third-order valence-electron chi connectivity index (χ3n) is 6.44. The van der Waals surface area contributed by atoms with E-state index in [9.17, 15) is 4.79 Å². The molecule has 3 aliphatic rings. The molecule has 2 aliphatic carbocycles. The molecule has 3 rings (SSSR count). The normalized spacial score (nSPS) is 41.9. The van der Waals surface area contributed by atoms with Gasteiger partial charge in [0.1, 0.15) is 5.78 Å². The van der Waals surface area contributed by atoms with Gasteiger partial charge in [0.25, 0.3) is 0 Å². The molecule has 0 bridgehead atoms. The minimum atomic E-state index is 0.0479. The van der Waals surface area contributed by atoms with E-state index in [0.717, 1.165) is 32.3 Å². The maximum Gasteiger partial charge on any atom is 0.136 e. The molecule has 0 aromatic rings. The molecule has 3 fully saturated rings. The van der Waals surface area contributed by atoms with Crippen molar-refractivity contribution in [2.45, 2.75) is 58.0 Å². The fourth-order valence-electron chi connectivity index (χ4n) is 5.18. The van der Waals surface area contributed by atoms with Crippen LogP contribution >= 0.6 is 0 Å². The van der Waals surface area contributed by atoms with Gasteiger partial charge in [0.2, 0.25) is 0 Å². The Kier molecular flexibility index (Phi) is 5.03. The fraction of sp³-hybridized carbons (Fsp3) is 0.842. The number of carbonyl (C=O) groups excluding carboxylic acids is 1. The number of carbonyl (C=O) groups is 1. The molecule has 0 amide bonds. The van der Waals surface area contributed by atoms with Crippen LogP contribution in [0, 0.1) is 23.2 Å². The molecule has 0 N–H and O–H groups in total. The summed E-state index contributed by atoms with van der Waals surface area (Å²) < 4.78 is 11.0. The molecule has 1 aliphatic heterocycles. The van der Waals surface area contributed by atoms with Crippen molar-refractivity contribution in [3.05, 3.63) is 12.2 Å². The molecule has 0 unspecified atom stereocenters. The molecule has 0 spiro atoms. The van der Waals surface area contributed by atoms with Gasteiger partial charge >= 0.3 is 0 Å². The van der Waals surface area contributed by atoms with Gasteiger partial charge in [-0.05, 0) is 57.3 Å². The molecule has 0 radical (unpaired) electrons. The van der Waals surface area contributed by atoms with Crippen LogP contribution in [0.2, 0.25) is 0 Å². The van der Waals surface area contributed by atoms with Crippen molar-refractivity contribution >= 4 is 5.78 Å². The molecule has 3 nitrogen and oxygen atoms in total. The van der Waals surface area contributed by atoms with Crippen LogP contribution in [-0.2, 0) is 14.3 Å². The lowest BCUT2D eigenvalue weighted by Gasteiger charge is -2.28. The second kappa shape index (κ2) is 6.84. The Balaban J connectivity index is 1.54. The van der Waals surface area contributed by atoms with Crippen LogP contribution in [0.15, 0.2) is 12.2 Å². The topological polar surface area (TPSA) is 35.5 Å². The van der Waals surface area contributed by atoms with Crippen molar-refractivity contribution in [3.63, 3.8) is 0 Å². The van der Waals surface area contributed by atoms with Crippen molar-refractivity contribution in [2.24, 2.45) is 23.2 Å². The number of ether oxygens (including phenoxy) is 2. The highest BCUT2D eigenvalue weighted by Crippen LogP contribution is 2.57. The van der Waals surface area contributed by atoms with Crippen LogP contribution in [-0.4, -0.2) is 32.2 Å². The first-order chi connectivity index (χ1) is 10.7. The third-order valence-corrected chi connectivity index (χ3v) is 6.44. The van der Waals surface area contributed by atoms with Gasteiger partial charge in [0.05, 0.1) is 12.7 Å². The van der Waals surface area contributed by atoms with Crippen LogP contribution in [0.5, 0.6) is 0 Å². The van der Waals surface area contributed by atoms with Crippen LogP contribution in [0.3, 0.4) is 0 Å². The third kappa shape index (κ3) is 3.03. The number of hydrogen-bond acceptors (Lipinski definition) is 3. The summed E-state index contributed by atoms with van der Waals surface area (Å²) in [6.45, 7) is 3.38. The molecule has 124 valence electrons. The smallest absolute Gasteiger partial charge is 0.136 e. The maximum atomic E-state index is 12.1. The number of hydrogen-bond donors (Lipinski definition) is 0. The Morgan fingerprint density at radius 1 is 1.41 bits per heavy atom. The molecule has 2 saturated carbocycles. The monoisotopic (exact) mass is 306 g/mol. The maximum absolute atomic E-state index is 12.1. The van der Waals surface area contributed by atoms with Gasteiger partial charge in [-0.2, -0.15) is 0 Å². The number of fused-ring (bicyclic) bond motifs is 1. The molecule has 22 heavy (non-hydrogen) atoms. The van der Waals surface area contributed by atoms with E-state index in [4.69, 9.17) is 9.47 Å². The zero-order chi connectivity index (χ0) is 15.6. The number of rotatable bonds is 5. The number of allylic oxidation sites excluding steroid dienone is 1. The Bertz CT molecular complexity index is 430. The highest BCUT2D eigenvalue weighted by molar-refractivity contribution is 5.83. The number of ketones is 1. The summed E-state index contributed by atoms with van der Waals surface area (Å²) >= 11 is 0. The van der Waals surface area contributed by atoms with Gasteiger partial charge in [0.15, 0.2) is 0 Å². The lowest BCUT2D eigenvalue weighted by molar-refractivity contribution is -0.127. The quantitative estimate of drug-likeness (QED) is 0.725. The van der Waals surface area contributed by atoms with Crippen molar-refractivity contribution < 1.29 is 14.3 Å². The van der Waals surface area contributed by atoms with E-state index in [1.165, 1.54) is 19.3 Å². The van der Waals surface area contributed by atoms with Gasteiger partial charge in [-0.25, -0.2) is 0 Å². The number of Topliss-reactive ketones (excluding diaryl/α,β-unsaturated/α-hetero) is 1. The van der Waals surface area contributed by atoms with Gasteiger partial charge in [-0.1, -0.05) is 18.6 Å². The van der Waals surface area contributed by atoms with E-state index in [2.05, 4.69) is 12.2 Å². The van der Waals surface area contributed by atoms with Crippen molar-refractivity contribution in [1.82, 2.24) is 0 Å². The first-order valence-electron chi connectivity index (χ1n) is 8.94. The summed E-state index contributed by atoms with van der Waals surface area (Å²) in [5.74, 6) is 2.30. The Morgan fingerprint density at radius 3 is 3.00 bits per heavy atom. The van der Waals surface area contributed by atoms with Gasteiger partial charge in [0, 0.05) is 25.0 Å². The van der Waals surface area contributed by atoms with E-state index in [0.29, 0.717) is 30.1 Å². The van der Waals surface area contributed by atoms with Crippen molar-refractivity contribution in [3.8, 4) is 0 Å². The molecular weight excluding hydrogens is 276 g/mol. The van der Waals surface area contributed by atoms with Crippen LogP contribution in [0.4, 0.5) is 0 Å². The summed E-state index contributed by atoms with van der Waals surface area (Å²) in [6.07, 6.45) is 13.1. The summed E-state index contributed by atoms with van der Waals surface area (Å²) in [6, 6.07) is 0. The molecule has 0 aromatic carbocycles.